The molecule has 0 aromatic rings. The second kappa shape index (κ2) is 16.1. The average Bonchev–Trinajstić information content (AvgIpc) is 3.30. The summed E-state index contributed by atoms with van der Waals surface area (Å²) >= 11 is 0. The van der Waals surface area contributed by atoms with Crippen molar-refractivity contribution in [1.29, 1.82) is 0 Å². The van der Waals surface area contributed by atoms with Gasteiger partial charge in [0, 0.05) is 61.0 Å². The number of ether oxygens (including phenoxy) is 3. The maximum absolute atomic E-state index is 5.41. The molecule has 3 nitrogen and oxygen atoms in total. The molecule has 0 spiro atoms. The van der Waals surface area contributed by atoms with E-state index in [0.29, 0.717) is 18.3 Å². The maximum Gasteiger partial charge on any atom is 0.100 e. The number of hydrogen-bond donors (Lipinski definition) is 0. The minimum Gasteiger partial charge on any atom is -0.495 e. The summed E-state index contributed by atoms with van der Waals surface area (Å²) in [6.07, 6.45) is 22.3. The van der Waals surface area contributed by atoms with Gasteiger partial charge in [-0.15, -0.1) is 0 Å². The number of allylic oxidation sites excluding steroid dienone is 9. The Bertz CT molecular complexity index is 520. The van der Waals surface area contributed by atoms with Gasteiger partial charge in [-0.05, 0) is 59.8 Å². The minimum atomic E-state index is 0. The van der Waals surface area contributed by atoms with Gasteiger partial charge in [-0.25, -0.2) is 0 Å². The molecule has 0 amide bonds. The molecule has 0 fully saturated rings. The van der Waals surface area contributed by atoms with Crippen LogP contribution in [0, 0.1) is 41.7 Å². The first-order chi connectivity index (χ1) is 12.9. The van der Waals surface area contributed by atoms with Crippen molar-refractivity contribution in [2.24, 2.45) is 0 Å². The van der Waals surface area contributed by atoms with Gasteiger partial charge in [0.1, 0.15) is 17.3 Å². The summed E-state index contributed by atoms with van der Waals surface area (Å²) in [5, 5.41) is 0. The molecule has 4 heteroatoms. The summed E-state index contributed by atoms with van der Waals surface area (Å²) in [5.74, 6) is 3.26. The van der Waals surface area contributed by atoms with Crippen LogP contribution in [-0.2, 0) is 14.2 Å². The van der Waals surface area contributed by atoms with Gasteiger partial charge in [-0.2, -0.15) is 0 Å². The van der Waals surface area contributed by atoms with E-state index < -0.39 is 0 Å². The monoisotopic (exact) mass is 512 g/mol. The van der Waals surface area contributed by atoms with E-state index >= 15 is 0 Å². The SMILES string of the molecule is CC(C)OC1=CC=CC1.CC(C)OC1=CC=CC1.CC(C)OC1=CC=CC1.[Ce]. The van der Waals surface area contributed by atoms with Crippen LogP contribution in [0.1, 0.15) is 60.8 Å². The van der Waals surface area contributed by atoms with Crippen molar-refractivity contribution in [3.63, 3.8) is 0 Å². The predicted octanol–water partition coefficient (Wildman–Crippen LogP) is 6.77. The Hall–Kier alpha value is -0.783. The molecular weight excluding hydrogens is 476 g/mol. The van der Waals surface area contributed by atoms with Crippen LogP contribution in [0.25, 0.3) is 0 Å². The van der Waals surface area contributed by atoms with Crippen LogP contribution in [0.4, 0.5) is 0 Å². The third-order valence-electron chi connectivity index (χ3n) is 3.37. The van der Waals surface area contributed by atoms with Gasteiger partial charge in [0.15, 0.2) is 0 Å². The summed E-state index contributed by atoms with van der Waals surface area (Å²) in [4.78, 5) is 0. The maximum atomic E-state index is 5.41. The van der Waals surface area contributed by atoms with E-state index in [1.165, 1.54) is 0 Å². The standard InChI is InChI=1S/3C8H12O.Ce/c3*1-7(2)9-8-5-3-4-6-8;/h3*3-5,7H,6H2,1-2H3;. The van der Waals surface area contributed by atoms with Crippen LogP contribution >= 0.6 is 0 Å². The summed E-state index contributed by atoms with van der Waals surface area (Å²) in [7, 11) is 0. The predicted molar refractivity (Wildman–Crippen MR) is 114 cm³/mol. The van der Waals surface area contributed by atoms with Gasteiger partial charge in [-0.1, -0.05) is 36.5 Å². The van der Waals surface area contributed by atoms with Crippen molar-refractivity contribution < 1.29 is 56.0 Å². The first-order valence-electron chi connectivity index (χ1n) is 9.94. The fourth-order valence-electron chi connectivity index (χ4n) is 2.45. The van der Waals surface area contributed by atoms with E-state index in [2.05, 4.69) is 18.2 Å². The molecule has 0 aromatic carbocycles. The Kier molecular flexibility index (Phi) is 15.6. The molecular formula is C24H36CeO3. The fourth-order valence-corrected chi connectivity index (χ4v) is 2.45. The molecule has 0 radical (unpaired) electrons. The summed E-state index contributed by atoms with van der Waals surface area (Å²) in [5.41, 5.74) is 0. The molecule has 3 rings (SSSR count). The molecule has 0 N–H and O–H groups in total. The minimum absolute atomic E-state index is 0. The van der Waals surface area contributed by atoms with E-state index in [1.54, 1.807) is 0 Å². The van der Waals surface area contributed by atoms with E-state index in [0.717, 1.165) is 36.5 Å². The Morgan fingerprint density at radius 3 is 0.929 bits per heavy atom. The molecule has 0 unspecified atom stereocenters. The molecule has 0 saturated carbocycles. The van der Waals surface area contributed by atoms with E-state index in [-0.39, 0.29) is 41.7 Å². The van der Waals surface area contributed by atoms with Gasteiger partial charge >= 0.3 is 0 Å². The van der Waals surface area contributed by atoms with Crippen molar-refractivity contribution in [2.45, 2.75) is 79.1 Å². The van der Waals surface area contributed by atoms with Crippen LogP contribution in [0.2, 0.25) is 0 Å². The van der Waals surface area contributed by atoms with E-state index in [9.17, 15) is 0 Å². The quantitative estimate of drug-likeness (QED) is 0.393. The van der Waals surface area contributed by atoms with Crippen molar-refractivity contribution in [2.75, 3.05) is 0 Å². The Morgan fingerprint density at radius 2 is 0.786 bits per heavy atom. The second-order valence-electron chi connectivity index (χ2n) is 7.30. The second-order valence-corrected chi connectivity index (χ2v) is 7.30. The average molecular weight is 513 g/mol. The van der Waals surface area contributed by atoms with Crippen molar-refractivity contribution in [1.82, 2.24) is 0 Å². The molecule has 28 heavy (non-hydrogen) atoms. The molecule has 0 atom stereocenters. The molecule has 0 aliphatic heterocycles. The summed E-state index contributed by atoms with van der Waals surface area (Å²) in [6.45, 7) is 12.2. The molecule has 0 heterocycles. The van der Waals surface area contributed by atoms with Gasteiger partial charge in [0.2, 0.25) is 0 Å². The van der Waals surface area contributed by atoms with Gasteiger partial charge in [-0.3, -0.25) is 0 Å². The van der Waals surface area contributed by atoms with Crippen molar-refractivity contribution >= 4 is 0 Å². The van der Waals surface area contributed by atoms with Gasteiger partial charge in [0.25, 0.3) is 0 Å². The van der Waals surface area contributed by atoms with Crippen LogP contribution in [0.15, 0.2) is 72.0 Å². The van der Waals surface area contributed by atoms with Crippen LogP contribution < -0.4 is 0 Å². The van der Waals surface area contributed by atoms with Crippen molar-refractivity contribution in [3.8, 4) is 0 Å². The van der Waals surface area contributed by atoms with E-state index in [4.69, 9.17) is 14.2 Å². The Balaban J connectivity index is 0.000000384. The van der Waals surface area contributed by atoms with E-state index in [1.807, 2.05) is 78.0 Å². The molecule has 154 valence electrons. The Labute approximate surface area is 205 Å². The summed E-state index contributed by atoms with van der Waals surface area (Å²) < 4.78 is 16.2. The van der Waals surface area contributed by atoms with Gasteiger partial charge in [0.05, 0.1) is 18.3 Å². The number of hydrogen-bond acceptors (Lipinski definition) is 3. The summed E-state index contributed by atoms with van der Waals surface area (Å²) in [6, 6.07) is 0. The van der Waals surface area contributed by atoms with Crippen LogP contribution in [0.3, 0.4) is 0 Å². The largest absolute Gasteiger partial charge is 0.495 e. The molecule has 0 saturated heterocycles. The van der Waals surface area contributed by atoms with Crippen molar-refractivity contribution in [3.05, 3.63) is 72.0 Å². The smallest absolute Gasteiger partial charge is 0.100 e. The van der Waals surface area contributed by atoms with Crippen LogP contribution in [0.5, 0.6) is 0 Å². The third-order valence-corrected chi connectivity index (χ3v) is 3.37. The molecule has 3 aliphatic rings. The molecule has 0 bridgehead atoms. The first-order valence-corrected chi connectivity index (χ1v) is 9.94. The zero-order valence-corrected chi connectivity index (χ0v) is 21.4. The third kappa shape index (κ3) is 14.2. The number of rotatable bonds is 6. The van der Waals surface area contributed by atoms with Gasteiger partial charge < -0.3 is 14.2 Å². The molecule has 0 aromatic heterocycles. The topological polar surface area (TPSA) is 27.7 Å². The molecule has 3 aliphatic carbocycles. The zero-order valence-electron chi connectivity index (χ0n) is 18.3. The normalized spacial score (nSPS) is 16.0. The fraction of sp³-hybridized carbons (Fsp3) is 0.500. The first kappa shape index (κ1) is 27.2. The van der Waals surface area contributed by atoms with Crippen LogP contribution in [-0.4, -0.2) is 18.3 Å². The zero-order chi connectivity index (χ0) is 20.1. The Morgan fingerprint density at radius 1 is 0.536 bits per heavy atom.